The van der Waals surface area contributed by atoms with E-state index in [0.29, 0.717) is 11.5 Å². The van der Waals surface area contributed by atoms with Crippen molar-refractivity contribution < 1.29 is 8.78 Å². The first-order valence-electron chi connectivity index (χ1n) is 5.39. The van der Waals surface area contributed by atoms with Crippen LogP contribution in [-0.2, 0) is 0 Å². The van der Waals surface area contributed by atoms with Crippen LogP contribution in [-0.4, -0.2) is 0 Å². The van der Waals surface area contributed by atoms with Crippen molar-refractivity contribution >= 4 is 12.4 Å². The lowest BCUT2D eigenvalue weighted by atomic mass is 9.92. The van der Waals surface area contributed by atoms with E-state index in [0.717, 1.165) is 18.9 Å². The van der Waals surface area contributed by atoms with Crippen molar-refractivity contribution in [2.75, 3.05) is 0 Å². The summed E-state index contributed by atoms with van der Waals surface area (Å²) in [5.41, 5.74) is 6.74. The lowest BCUT2D eigenvalue weighted by Gasteiger charge is -2.19. The zero-order valence-corrected chi connectivity index (χ0v) is 9.77. The summed E-state index contributed by atoms with van der Waals surface area (Å²) < 4.78 is 25.7. The molecule has 1 aliphatic rings. The molecule has 16 heavy (non-hydrogen) atoms. The van der Waals surface area contributed by atoms with Crippen LogP contribution in [0.25, 0.3) is 0 Å². The Labute approximate surface area is 100 Å². The molecule has 2 rings (SSSR count). The van der Waals surface area contributed by atoms with E-state index in [1.807, 2.05) is 0 Å². The Balaban J connectivity index is 0.00000128. The molecule has 1 nitrogen and oxygen atoms in total. The Bertz CT molecular complexity index is 351. The molecule has 0 heterocycles. The SMILES string of the molecule is Cl.N[C@H](c1ccc(F)c(F)c1)C1CCCC1. The molecular weight excluding hydrogens is 232 g/mol. The maximum absolute atomic E-state index is 13.0. The Morgan fingerprint density at radius 3 is 2.31 bits per heavy atom. The molecule has 0 spiro atoms. The molecule has 1 fully saturated rings. The molecule has 0 unspecified atom stereocenters. The monoisotopic (exact) mass is 247 g/mol. The van der Waals surface area contributed by atoms with Crippen LogP contribution in [0.4, 0.5) is 8.78 Å². The van der Waals surface area contributed by atoms with E-state index in [2.05, 4.69) is 0 Å². The van der Waals surface area contributed by atoms with Crippen molar-refractivity contribution in [3.8, 4) is 0 Å². The lowest BCUT2D eigenvalue weighted by molar-refractivity contribution is 0.439. The summed E-state index contributed by atoms with van der Waals surface area (Å²) >= 11 is 0. The van der Waals surface area contributed by atoms with Crippen molar-refractivity contribution in [1.82, 2.24) is 0 Å². The van der Waals surface area contributed by atoms with E-state index in [1.54, 1.807) is 6.07 Å². The summed E-state index contributed by atoms with van der Waals surface area (Å²) in [5, 5.41) is 0. The minimum Gasteiger partial charge on any atom is -0.324 e. The average Bonchev–Trinajstić information content (AvgIpc) is 2.74. The molecule has 1 saturated carbocycles. The summed E-state index contributed by atoms with van der Waals surface area (Å²) in [6, 6.07) is 3.81. The van der Waals surface area contributed by atoms with Crippen LogP contribution < -0.4 is 5.73 Å². The highest BCUT2D eigenvalue weighted by Crippen LogP contribution is 2.34. The number of hydrogen-bond acceptors (Lipinski definition) is 1. The van der Waals surface area contributed by atoms with Crippen molar-refractivity contribution in [1.29, 1.82) is 0 Å². The summed E-state index contributed by atoms with van der Waals surface area (Å²) in [7, 11) is 0. The van der Waals surface area contributed by atoms with Gasteiger partial charge in [0.2, 0.25) is 0 Å². The highest BCUT2D eigenvalue weighted by Gasteiger charge is 2.23. The Kier molecular flexibility index (Phi) is 4.69. The largest absolute Gasteiger partial charge is 0.324 e. The molecule has 0 aliphatic heterocycles. The van der Waals surface area contributed by atoms with E-state index >= 15 is 0 Å². The van der Waals surface area contributed by atoms with Gasteiger partial charge in [-0.15, -0.1) is 12.4 Å². The van der Waals surface area contributed by atoms with Crippen LogP contribution in [0.2, 0.25) is 0 Å². The number of nitrogens with two attached hydrogens (primary N) is 1. The van der Waals surface area contributed by atoms with Crippen LogP contribution in [0.1, 0.15) is 37.3 Å². The first-order valence-corrected chi connectivity index (χ1v) is 5.39. The average molecular weight is 248 g/mol. The molecule has 90 valence electrons. The molecule has 0 amide bonds. The minimum absolute atomic E-state index is 0. The lowest BCUT2D eigenvalue weighted by Crippen LogP contribution is -2.19. The molecule has 1 aromatic rings. The molecule has 0 bridgehead atoms. The van der Waals surface area contributed by atoms with E-state index in [4.69, 9.17) is 5.73 Å². The predicted molar refractivity (Wildman–Crippen MR) is 62.5 cm³/mol. The summed E-state index contributed by atoms with van der Waals surface area (Å²) in [6.07, 6.45) is 4.59. The van der Waals surface area contributed by atoms with E-state index in [9.17, 15) is 8.78 Å². The maximum atomic E-state index is 13.0. The molecular formula is C12H16ClF2N. The third kappa shape index (κ3) is 2.71. The van der Waals surface area contributed by atoms with Gasteiger partial charge in [0.05, 0.1) is 0 Å². The zero-order valence-electron chi connectivity index (χ0n) is 8.96. The quantitative estimate of drug-likeness (QED) is 0.850. The fourth-order valence-corrected chi connectivity index (χ4v) is 2.31. The van der Waals surface area contributed by atoms with Gasteiger partial charge in [0.25, 0.3) is 0 Å². The van der Waals surface area contributed by atoms with Gasteiger partial charge in [-0.1, -0.05) is 18.9 Å². The van der Waals surface area contributed by atoms with Gasteiger partial charge in [-0.2, -0.15) is 0 Å². The Morgan fingerprint density at radius 2 is 1.75 bits per heavy atom. The number of rotatable bonds is 2. The third-order valence-corrected chi connectivity index (χ3v) is 3.24. The van der Waals surface area contributed by atoms with Crippen LogP contribution in [0.15, 0.2) is 18.2 Å². The number of benzene rings is 1. The molecule has 0 saturated heterocycles. The Morgan fingerprint density at radius 1 is 1.12 bits per heavy atom. The smallest absolute Gasteiger partial charge is 0.159 e. The summed E-state index contributed by atoms with van der Waals surface area (Å²) in [6.45, 7) is 0. The van der Waals surface area contributed by atoms with Gasteiger partial charge in [0.1, 0.15) is 0 Å². The van der Waals surface area contributed by atoms with Crippen LogP contribution in [0.5, 0.6) is 0 Å². The van der Waals surface area contributed by atoms with Gasteiger partial charge < -0.3 is 5.73 Å². The van der Waals surface area contributed by atoms with Gasteiger partial charge >= 0.3 is 0 Å². The minimum atomic E-state index is -0.808. The number of hydrogen-bond donors (Lipinski definition) is 1. The van der Waals surface area contributed by atoms with E-state index in [-0.39, 0.29) is 18.4 Å². The predicted octanol–water partition coefficient (Wildman–Crippen LogP) is 3.58. The normalized spacial score (nSPS) is 18.2. The maximum Gasteiger partial charge on any atom is 0.159 e. The molecule has 1 aliphatic carbocycles. The fourth-order valence-electron chi connectivity index (χ4n) is 2.31. The second-order valence-electron chi connectivity index (χ2n) is 4.24. The van der Waals surface area contributed by atoms with Crippen molar-refractivity contribution in [3.05, 3.63) is 35.4 Å². The third-order valence-electron chi connectivity index (χ3n) is 3.24. The van der Waals surface area contributed by atoms with Crippen LogP contribution >= 0.6 is 12.4 Å². The first-order chi connectivity index (χ1) is 7.18. The Hall–Kier alpha value is -0.670. The molecule has 0 radical (unpaired) electrons. The zero-order chi connectivity index (χ0) is 10.8. The second kappa shape index (κ2) is 5.60. The first kappa shape index (κ1) is 13.4. The van der Waals surface area contributed by atoms with E-state index < -0.39 is 11.6 Å². The van der Waals surface area contributed by atoms with Crippen LogP contribution in [0, 0.1) is 17.6 Å². The van der Waals surface area contributed by atoms with Crippen LogP contribution in [0.3, 0.4) is 0 Å². The summed E-state index contributed by atoms with van der Waals surface area (Å²) in [4.78, 5) is 0. The second-order valence-corrected chi connectivity index (χ2v) is 4.24. The van der Waals surface area contributed by atoms with Gasteiger partial charge in [-0.05, 0) is 36.5 Å². The van der Waals surface area contributed by atoms with Gasteiger partial charge in [0.15, 0.2) is 11.6 Å². The van der Waals surface area contributed by atoms with E-state index in [1.165, 1.54) is 18.9 Å². The number of halogens is 3. The molecule has 0 aromatic heterocycles. The highest BCUT2D eigenvalue weighted by molar-refractivity contribution is 5.85. The van der Waals surface area contributed by atoms with Gasteiger partial charge in [-0.3, -0.25) is 0 Å². The van der Waals surface area contributed by atoms with Gasteiger partial charge in [0, 0.05) is 6.04 Å². The topological polar surface area (TPSA) is 26.0 Å². The molecule has 1 aromatic carbocycles. The highest BCUT2D eigenvalue weighted by atomic mass is 35.5. The van der Waals surface area contributed by atoms with Crippen molar-refractivity contribution in [2.45, 2.75) is 31.7 Å². The fraction of sp³-hybridized carbons (Fsp3) is 0.500. The molecule has 1 atom stereocenters. The van der Waals surface area contributed by atoms with Crippen molar-refractivity contribution in [3.63, 3.8) is 0 Å². The molecule has 4 heteroatoms. The van der Waals surface area contributed by atoms with Crippen molar-refractivity contribution in [2.24, 2.45) is 11.7 Å². The standard InChI is InChI=1S/C12H15F2N.ClH/c13-10-6-5-9(7-11(10)14)12(15)8-3-1-2-4-8;/h5-8,12H,1-4,15H2;1H/t12-;/m0./s1. The molecule has 2 N–H and O–H groups in total. The van der Waals surface area contributed by atoms with Gasteiger partial charge in [-0.25, -0.2) is 8.78 Å². The summed E-state index contributed by atoms with van der Waals surface area (Å²) in [5.74, 6) is -1.19.